The van der Waals surface area contributed by atoms with Crippen molar-refractivity contribution in [3.63, 3.8) is 0 Å². The smallest absolute Gasteiger partial charge is 0.232 e. The summed E-state index contributed by atoms with van der Waals surface area (Å²) in [4.78, 5) is 0. The summed E-state index contributed by atoms with van der Waals surface area (Å²) < 4.78 is 39.5. The normalized spacial score (nSPS) is 11.4. The van der Waals surface area contributed by atoms with E-state index in [9.17, 15) is 17.9 Å². The first kappa shape index (κ1) is 13.1. The Labute approximate surface area is 97.0 Å². The molecule has 0 fully saturated rings. The van der Waals surface area contributed by atoms with E-state index in [0.717, 1.165) is 6.07 Å². The van der Waals surface area contributed by atoms with Crippen molar-refractivity contribution < 1.29 is 22.7 Å². The van der Waals surface area contributed by atoms with Crippen LogP contribution in [0.3, 0.4) is 0 Å². The fourth-order valence-corrected chi connectivity index (χ4v) is 1.87. The number of halogens is 2. The first-order chi connectivity index (χ1) is 7.33. The lowest BCUT2D eigenvalue weighted by molar-refractivity contribution is 0.400. The molecule has 90 valence electrons. The fraction of sp³-hybridized carbons (Fsp3) is 0.333. The molecule has 0 saturated carbocycles. The van der Waals surface area contributed by atoms with Crippen molar-refractivity contribution in [3.8, 4) is 11.5 Å². The maximum Gasteiger partial charge on any atom is 0.232 e. The molecule has 4 nitrogen and oxygen atoms in total. The Balaban J connectivity index is 2.97. The summed E-state index contributed by atoms with van der Waals surface area (Å²) in [6.45, 7) is 0. The molecule has 0 aliphatic carbocycles. The van der Waals surface area contributed by atoms with Gasteiger partial charge in [-0.3, -0.25) is 0 Å². The van der Waals surface area contributed by atoms with E-state index in [4.69, 9.17) is 15.4 Å². The highest BCUT2D eigenvalue weighted by molar-refractivity contribution is 8.13. The largest absolute Gasteiger partial charge is 0.507 e. The summed E-state index contributed by atoms with van der Waals surface area (Å²) in [7, 11) is 2.61. The highest BCUT2D eigenvalue weighted by Crippen LogP contribution is 2.27. The average Bonchev–Trinajstić information content (AvgIpc) is 2.14. The van der Waals surface area contributed by atoms with Crippen LogP contribution in [0.1, 0.15) is 5.56 Å². The van der Waals surface area contributed by atoms with Crippen molar-refractivity contribution in [3.05, 3.63) is 23.5 Å². The first-order valence-electron chi connectivity index (χ1n) is 4.31. The van der Waals surface area contributed by atoms with E-state index in [-0.39, 0.29) is 23.5 Å². The molecule has 0 atom stereocenters. The Morgan fingerprint density at radius 1 is 1.50 bits per heavy atom. The van der Waals surface area contributed by atoms with Crippen molar-refractivity contribution in [2.45, 2.75) is 6.42 Å². The Morgan fingerprint density at radius 3 is 2.56 bits per heavy atom. The molecule has 1 aromatic rings. The van der Waals surface area contributed by atoms with Gasteiger partial charge in [0.25, 0.3) is 0 Å². The van der Waals surface area contributed by atoms with Gasteiger partial charge in [-0.15, -0.1) is 0 Å². The molecule has 0 heterocycles. The van der Waals surface area contributed by atoms with Gasteiger partial charge in [0.2, 0.25) is 9.05 Å². The highest BCUT2D eigenvalue weighted by atomic mass is 35.7. The Morgan fingerprint density at radius 2 is 2.12 bits per heavy atom. The first-order valence-corrected chi connectivity index (χ1v) is 6.79. The molecule has 16 heavy (non-hydrogen) atoms. The van der Waals surface area contributed by atoms with Gasteiger partial charge >= 0.3 is 0 Å². The van der Waals surface area contributed by atoms with Gasteiger partial charge in [0.1, 0.15) is 17.3 Å². The van der Waals surface area contributed by atoms with Crippen LogP contribution in [-0.4, -0.2) is 26.4 Å². The highest BCUT2D eigenvalue weighted by Gasteiger charge is 2.14. The van der Waals surface area contributed by atoms with Crippen molar-refractivity contribution in [2.75, 3.05) is 12.9 Å². The van der Waals surface area contributed by atoms with Gasteiger partial charge in [-0.2, -0.15) is 0 Å². The standard InChI is InChI=1S/C9H10ClFO4S/c1-15-6-4-8(11)7(9(12)5-6)2-3-16(10,13)14/h4-5,12H,2-3H2,1H3. The lowest BCUT2D eigenvalue weighted by Gasteiger charge is -2.07. The number of phenols is 1. The predicted molar refractivity (Wildman–Crippen MR) is 58.0 cm³/mol. The Bertz CT molecular complexity index is 463. The van der Waals surface area contributed by atoms with Crippen molar-refractivity contribution in [1.29, 1.82) is 0 Å². The molecule has 1 rings (SSSR count). The zero-order valence-electron chi connectivity index (χ0n) is 8.41. The molecule has 0 amide bonds. The maximum absolute atomic E-state index is 13.4. The lowest BCUT2D eigenvalue weighted by atomic mass is 10.1. The number of methoxy groups -OCH3 is 1. The summed E-state index contributed by atoms with van der Waals surface area (Å²) in [6.07, 6.45) is -0.187. The van der Waals surface area contributed by atoms with Crippen LogP contribution in [0.4, 0.5) is 4.39 Å². The van der Waals surface area contributed by atoms with Crippen LogP contribution in [0.15, 0.2) is 12.1 Å². The van der Waals surface area contributed by atoms with Gasteiger partial charge in [0.15, 0.2) is 0 Å². The van der Waals surface area contributed by atoms with E-state index in [1.54, 1.807) is 0 Å². The van der Waals surface area contributed by atoms with Crippen LogP contribution in [0.5, 0.6) is 11.5 Å². The number of aromatic hydroxyl groups is 1. The Kier molecular flexibility index (Phi) is 3.98. The SMILES string of the molecule is COc1cc(O)c(CCS(=O)(=O)Cl)c(F)c1. The van der Waals surface area contributed by atoms with Crippen LogP contribution in [-0.2, 0) is 15.5 Å². The van der Waals surface area contributed by atoms with E-state index in [2.05, 4.69) is 0 Å². The molecule has 0 bridgehead atoms. The number of hydrogen-bond acceptors (Lipinski definition) is 4. The molecule has 0 unspecified atom stereocenters. The molecule has 0 aromatic heterocycles. The topological polar surface area (TPSA) is 63.6 Å². The molecular weight excluding hydrogens is 259 g/mol. The lowest BCUT2D eigenvalue weighted by Crippen LogP contribution is -2.03. The van der Waals surface area contributed by atoms with E-state index >= 15 is 0 Å². The minimum absolute atomic E-state index is 0.0926. The van der Waals surface area contributed by atoms with Crippen LogP contribution >= 0.6 is 10.7 Å². The van der Waals surface area contributed by atoms with E-state index < -0.39 is 20.6 Å². The molecule has 0 aliphatic rings. The molecule has 0 spiro atoms. The summed E-state index contributed by atoms with van der Waals surface area (Å²) >= 11 is 0. The van der Waals surface area contributed by atoms with Crippen molar-refractivity contribution in [2.24, 2.45) is 0 Å². The van der Waals surface area contributed by atoms with Gasteiger partial charge in [0.05, 0.1) is 12.9 Å². The summed E-state index contributed by atoms with van der Waals surface area (Å²) in [5.74, 6) is -1.35. The fourth-order valence-electron chi connectivity index (χ4n) is 1.19. The molecule has 1 aromatic carbocycles. The van der Waals surface area contributed by atoms with Crippen LogP contribution in [0.25, 0.3) is 0 Å². The molecule has 0 aliphatic heterocycles. The minimum Gasteiger partial charge on any atom is -0.507 e. The van der Waals surface area contributed by atoms with E-state index in [1.165, 1.54) is 13.2 Å². The number of ether oxygens (including phenoxy) is 1. The molecule has 0 saturated heterocycles. The van der Waals surface area contributed by atoms with Gasteiger partial charge < -0.3 is 9.84 Å². The second-order valence-electron chi connectivity index (χ2n) is 3.10. The molecule has 1 N–H and O–H groups in total. The summed E-state index contributed by atoms with van der Waals surface area (Å²) in [6, 6.07) is 2.27. The van der Waals surface area contributed by atoms with Gasteiger partial charge in [-0.1, -0.05) is 0 Å². The van der Waals surface area contributed by atoms with E-state index in [1.807, 2.05) is 0 Å². The second kappa shape index (κ2) is 4.88. The zero-order valence-corrected chi connectivity index (χ0v) is 9.98. The summed E-state index contributed by atoms with van der Waals surface area (Å²) in [5, 5.41) is 9.44. The Hall–Kier alpha value is -1.01. The number of benzene rings is 1. The molecular formula is C9H10ClFO4S. The average molecular weight is 269 g/mol. The number of hydrogen-bond donors (Lipinski definition) is 1. The van der Waals surface area contributed by atoms with Gasteiger partial charge in [-0.05, 0) is 6.42 Å². The molecule has 0 radical (unpaired) electrons. The second-order valence-corrected chi connectivity index (χ2v) is 6.00. The zero-order chi connectivity index (χ0) is 12.3. The van der Waals surface area contributed by atoms with Crippen molar-refractivity contribution >= 4 is 19.7 Å². The predicted octanol–water partition coefficient (Wildman–Crippen LogP) is 1.65. The molecule has 7 heteroatoms. The number of rotatable bonds is 4. The van der Waals surface area contributed by atoms with Crippen LogP contribution in [0, 0.1) is 5.82 Å². The maximum atomic E-state index is 13.4. The van der Waals surface area contributed by atoms with Crippen molar-refractivity contribution in [1.82, 2.24) is 0 Å². The third-order valence-electron chi connectivity index (χ3n) is 1.98. The summed E-state index contributed by atoms with van der Waals surface area (Å²) in [5.41, 5.74) is -0.0926. The monoisotopic (exact) mass is 268 g/mol. The third-order valence-corrected chi connectivity index (χ3v) is 3.13. The quantitative estimate of drug-likeness (QED) is 0.844. The van der Waals surface area contributed by atoms with Crippen LogP contribution < -0.4 is 4.74 Å². The van der Waals surface area contributed by atoms with E-state index in [0.29, 0.717) is 0 Å². The minimum atomic E-state index is -3.71. The van der Waals surface area contributed by atoms with Crippen LogP contribution in [0.2, 0.25) is 0 Å². The van der Waals surface area contributed by atoms with Gasteiger partial charge in [0, 0.05) is 28.4 Å². The number of phenolic OH excluding ortho intramolecular Hbond substituents is 1. The van der Waals surface area contributed by atoms with Gasteiger partial charge in [-0.25, -0.2) is 12.8 Å². The third kappa shape index (κ3) is 3.53.